The second-order valence-electron chi connectivity index (χ2n) is 4.79. The Hall–Kier alpha value is -2.44. The Morgan fingerprint density at radius 3 is 2.35 bits per heavy atom. The third kappa shape index (κ3) is 3.53. The zero-order valence-corrected chi connectivity index (χ0v) is 11.4. The van der Waals surface area contributed by atoms with Crippen molar-refractivity contribution >= 4 is 17.6 Å². The van der Waals surface area contributed by atoms with Crippen molar-refractivity contribution in [2.45, 2.75) is 26.8 Å². The maximum absolute atomic E-state index is 12.0. The fourth-order valence-corrected chi connectivity index (χ4v) is 1.74. The molecule has 0 saturated heterocycles. The lowest BCUT2D eigenvalue weighted by molar-refractivity contribution is -0.385. The largest absolute Gasteiger partial charge is 0.480 e. The molecule has 1 aromatic rings. The minimum atomic E-state index is -1.12. The monoisotopic (exact) mass is 280 g/mol. The SMILES string of the molecule is Cc1cc(C(=O)N[C@H](C(=O)O)C(C)C)ccc1[N+](=O)[O-]. The Balaban J connectivity index is 2.96. The fraction of sp³-hybridized carbons (Fsp3) is 0.385. The molecule has 0 aliphatic carbocycles. The summed E-state index contributed by atoms with van der Waals surface area (Å²) < 4.78 is 0. The van der Waals surface area contributed by atoms with Crippen LogP contribution in [0.1, 0.15) is 29.8 Å². The number of nitrogens with zero attached hydrogens (tertiary/aromatic N) is 1. The zero-order valence-electron chi connectivity index (χ0n) is 11.4. The lowest BCUT2D eigenvalue weighted by Crippen LogP contribution is -2.44. The predicted molar refractivity (Wildman–Crippen MR) is 71.6 cm³/mol. The maximum Gasteiger partial charge on any atom is 0.326 e. The number of carbonyl (C=O) groups excluding carboxylic acids is 1. The van der Waals surface area contributed by atoms with Crippen LogP contribution in [0.4, 0.5) is 5.69 Å². The number of carboxylic acid groups (broad SMARTS) is 1. The second-order valence-corrected chi connectivity index (χ2v) is 4.79. The van der Waals surface area contributed by atoms with Crippen molar-refractivity contribution in [2.75, 3.05) is 0 Å². The Bertz CT molecular complexity index is 554. The molecule has 0 aliphatic rings. The number of rotatable bonds is 5. The van der Waals surface area contributed by atoms with Crippen molar-refractivity contribution in [1.82, 2.24) is 5.32 Å². The molecule has 0 heterocycles. The highest BCUT2D eigenvalue weighted by atomic mass is 16.6. The molecule has 0 bridgehead atoms. The highest BCUT2D eigenvalue weighted by Crippen LogP contribution is 2.19. The standard InChI is InChI=1S/C13H16N2O5/c1-7(2)11(13(17)18)14-12(16)9-4-5-10(15(19)20)8(3)6-9/h4-7,11H,1-3H3,(H,14,16)(H,17,18)/t11-/m0/s1. The van der Waals surface area contributed by atoms with Gasteiger partial charge in [0.2, 0.25) is 0 Å². The first kappa shape index (κ1) is 15.6. The molecule has 7 nitrogen and oxygen atoms in total. The molecule has 0 spiro atoms. The molecule has 2 N–H and O–H groups in total. The molecule has 0 aliphatic heterocycles. The van der Waals surface area contributed by atoms with Crippen LogP contribution in [-0.4, -0.2) is 27.9 Å². The second kappa shape index (κ2) is 6.14. The zero-order chi connectivity index (χ0) is 15.4. The average molecular weight is 280 g/mol. The Kier molecular flexibility index (Phi) is 4.79. The van der Waals surface area contributed by atoms with Crippen LogP contribution in [0.5, 0.6) is 0 Å². The molecule has 7 heteroatoms. The van der Waals surface area contributed by atoms with Crippen LogP contribution in [0, 0.1) is 23.0 Å². The summed E-state index contributed by atoms with van der Waals surface area (Å²) in [5, 5.41) is 22.1. The molecule has 0 fully saturated rings. The number of amides is 1. The van der Waals surface area contributed by atoms with Crippen LogP contribution in [0.3, 0.4) is 0 Å². The van der Waals surface area contributed by atoms with E-state index >= 15 is 0 Å². The maximum atomic E-state index is 12.0. The first-order valence-corrected chi connectivity index (χ1v) is 6.02. The number of aliphatic carboxylic acids is 1. The van der Waals surface area contributed by atoms with Gasteiger partial charge >= 0.3 is 5.97 Å². The molecule has 0 saturated carbocycles. The normalized spacial score (nSPS) is 12.0. The van der Waals surface area contributed by atoms with E-state index in [2.05, 4.69) is 5.32 Å². The molecule has 0 aromatic heterocycles. The summed E-state index contributed by atoms with van der Waals surface area (Å²) >= 11 is 0. The van der Waals surface area contributed by atoms with E-state index < -0.39 is 22.8 Å². The molecule has 0 unspecified atom stereocenters. The third-order valence-electron chi connectivity index (χ3n) is 2.87. The van der Waals surface area contributed by atoms with E-state index in [9.17, 15) is 19.7 Å². The summed E-state index contributed by atoms with van der Waals surface area (Å²) in [5.74, 6) is -1.95. The molecule has 108 valence electrons. The van der Waals surface area contributed by atoms with Gasteiger partial charge in [0.1, 0.15) is 6.04 Å². The summed E-state index contributed by atoms with van der Waals surface area (Å²) in [6.07, 6.45) is 0. The van der Waals surface area contributed by atoms with E-state index in [4.69, 9.17) is 5.11 Å². The number of nitro groups is 1. The van der Waals surface area contributed by atoms with Crippen LogP contribution in [0.15, 0.2) is 18.2 Å². The van der Waals surface area contributed by atoms with Gasteiger partial charge in [-0.2, -0.15) is 0 Å². The number of hydrogen-bond acceptors (Lipinski definition) is 4. The predicted octanol–water partition coefficient (Wildman–Crippen LogP) is 1.74. The smallest absolute Gasteiger partial charge is 0.326 e. The molecular formula is C13H16N2O5. The quantitative estimate of drug-likeness (QED) is 0.630. The summed E-state index contributed by atoms with van der Waals surface area (Å²) in [4.78, 5) is 33.1. The van der Waals surface area contributed by atoms with E-state index in [1.54, 1.807) is 13.8 Å². The minimum Gasteiger partial charge on any atom is -0.480 e. The van der Waals surface area contributed by atoms with Gasteiger partial charge in [-0.1, -0.05) is 13.8 Å². The Labute approximate surface area is 115 Å². The highest BCUT2D eigenvalue weighted by Gasteiger charge is 2.24. The number of aryl methyl sites for hydroxylation is 1. The topological polar surface area (TPSA) is 110 Å². The molecule has 1 atom stereocenters. The van der Waals surface area contributed by atoms with Gasteiger partial charge < -0.3 is 10.4 Å². The molecule has 1 aromatic carbocycles. The van der Waals surface area contributed by atoms with Crippen LogP contribution >= 0.6 is 0 Å². The third-order valence-corrected chi connectivity index (χ3v) is 2.87. The fourth-order valence-electron chi connectivity index (χ4n) is 1.74. The first-order valence-electron chi connectivity index (χ1n) is 6.02. The van der Waals surface area contributed by atoms with Crippen molar-refractivity contribution in [1.29, 1.82) is 0 Å². The van der Waals surface area contributed by atoms with Gasteiger partial charge in [-0.25, -0.2) is 4.79 Å². The molecule has 1 amide bonds. The highest BCUT2D eigenvalue weighted by molar-refractivity contribution is 5.97. The van der Waals surface area contributed by atoms with Gasteiger partial charge in [0.25, 0.3) is 11.6 Å². The summed E-state index contributed by atoms with van der Waals surface area (Å²) in [6, 6.07) is 2.90. The van der Waals surface area contributed by atoms with Crippen molar-refractivity contribution < 1.29 is 19.6 Å². The van der Waals surface area contributed by atoms with E-state index in [1.807, 2.05) is 0 Å². The van der Waals surface area contributed by atoms with E-state index in [-0.39, 0.29) is 17.2 Å². The van der Waals surface area contributed by atoms with Crippen molar-refractivity contribution in [2.24, 2.45) is 5.92 Å². The molecule has 0 radical (unpaired) electrons. The van der Waals surface area contributed by atoms with Gasteiger partial charge in [0.15, 0.2) is 0 Å². The molecule has 20 heavy (non-hydrogen) atoms. The molecule has 1 rings (SSSR count). The van der Waals surface area contributed by atoms with Gasteiger partial charge in [0, 0.05) is 17.2 Å². The summed E-state index contributed by atoms with van der Waals surface area (Å²) in [5.41, 5.74) is 0.458. The number of nitro benzene ring substituents is 1. The van der Waals surface area contributed by atoms with Gasteiger partial charge in [0.05, 0.1) is 4.92 Å². The van der Waals surface area contributed by atoms with Gasteiger partial charge in [-0.3, -0.25) is 14.9 Å². The van der Waals surface area contributed by atoms with Crippen LogP contribution in [0.25, 0.3) is 0 Å². The number of carbonyl (C=O) groups is 2. The number of carboxylic acids is 1. The van der Waals surface area contributed by atoms with Gasteiger partial charge in [-0.15, -0.1) is 0 Å². The summed E-state index contributed by atoms with van der Waals surface area (Å²) in [7, 11) is 0. The average Bonchev–Trinajstić information content (AvgIpc) is 2.34. The van der Waals surface area contributed by atoms with E-state index in [0.29, 0.717) is 5.56 Å². The van der Waals surface area contributed by atoms with Crippen LogP contribution in [-0.2, 0) is 4.79 Å². The number of nitrogens with one attached hydrogen (secondary N) is 1. The summed E-state index contributed by atoms with van der Waals surface area (Å²) in [6.45, 7) is 4.88. The van der Waals surface area contributed by atoms with Crippen LogP contribution < -0.4 is 5.32 Å². The number of benzene rings is 1. The Morgan fingerprint density at radius 2 is 1.95 bits per heavy atom. The van der Waals surface area contributed by atoms with E-state index in [0.717, 1.165) is 0 Å². The number of hydrogen-bond donors (Lipinski definition) is 2. The van der Waals surface area contributed by atoms with Crippen molar-refractivity contribution in [3.8, 4) is 0 Å². The van der Waals surface area contributed by atoms with Crippen molar-refractivity contribution in [3.05, 3.63) is 39.4 Å². The van der Waals surface area contributed by atoms with Gasteiger partial charge in [-0.05, 0) is 25.0 Å². The lowest BCUT2D eigenvalue weighted by Gasteiger charge is -2.17. The Morgan fingerprint density at radius 1 is 1.35 bits per heavy atom. The minimum absolute atomic E-state index is 0.0832. The first-order chi connectivity index (χ1) is 9.23. The van der Waals surface area contributed by atoms with E-state index in [1.165, 1.54) is 25.1 Å². The molecular weight excluding hydrogens is 264 g/mol. The van der Waals surface area contributed by atoms with Crippen LogP contribution in [0.2, 0.25) is 0 Å². The van der Waals surface area contributed by atoms with Crippen molar-refractivity contribution in [3.63, 3.8) is 0 Å². The lowest BCUT2D eigenvalue weighted by atomic mass is 10.0.